The van der Waals surface area contributed by atoms with Crippen LogP contribution in [0, 0.1) is 13.8 Å². The Kier molecular flexibility index (Phi) is 4.37. The lowest BCUT2D eigenvalue weighted by atomic mass is 9.84. The van der Waals surface area contributed by atoms with Crippen molar-refractivity contribution in [2.24, 2.45) is 0 Å². The molecule has 1 heterocycles. The third-order valence-electron chi connectivity index (χ3n) is 3.58. The second-order valence-electron chi connectivity index (χ2n) is 5.77. The van der Waals surface area contributed by atoms with Gasteiger partial charge in [0, 0.05) is 17.0 Å². The van der Waals surface area contributed by atoms with E-state index >= 15 is 0 Å². The summed E-state index contributed by atoms with van der Waals surface area (Å²) in [6.07, 6.45) is 0. The minimum Gasteiger partial charge on any atom is -0.361 e. The van der Waals surface area contributed by atoms with Gasteiger partial charge in [0.05, 0.1) is 5.69 Å². The number of aryl methyl sites for hydroxylation is 2. The lowest BCUT2D eigenvalue weighted by Gasteiger charge is -2.25. The minimum atomic E-state index is -0.195. The molecule has 0 aliphatic heterocycles. The van der Waals surface area contributed by atoms with Crippen LogP contribution in [0.3, 0.4) is 0 Å². The van der Waals surface area contributed by atoms with E-state index in [0.717, 1.165) is 5.56 Å². The van der Waals surface area contributed by atoms with E-state index in [2.05, 4.69) is 24.3 Å². The molecule has 2 aromatic rings. The Balaban J connectivity index is 2.08. The van der Waals surface area contributed by atoms with Gasteiger partial charge in [-0.25, -0.2) is 0 Å². The van der Waals surface area contributed by atoms with Crippen molar-refractivity contribution in [2.45, 2.75) is 33.1 Å². The van der Waals surface area contributed by atoms with Crippen LogP contribution in [0.4, 0.5) is 0 Å². The Morgan fingerprint density at radius 1 is 1.29 bits per heavy atom. The summed E-state index contributed by atoms with van der Waals surface area (Å²) in [5, 5.41) is 7.45. The van der Waals surface area contributed by atoms with Crippen molar-refractivity contribution in [3.05, 3.63) is 51.9 Å². The van der Waals surface area contributed by atoms with Crippen LogP contribution in [0.2, 0.25) is 5.02 Å². The molecule has 112 valence electrons. The number of hydrogen-bond donors (Lipinski definition) is 1. The van der Waals surface area contributed by atoms with Crippen LogP contribution in [0.15, 0.2) is 28.8 Å². The molecule has 0 spiro atoms. The molecule has 21 heavy (non-hydrogen) atoms. The highest BCUT2D eigenvalue weighted by Gasteiger charge is 2.24. The maximum atomic E-state index is 12.2. The van der Waals surface area contributed by atoms with Gasteiger partial charge in [-0.05, 0) is 31.5 Å². The summed E-state index contributed by atoms with van der Waals surface area (Å²) in [6, 6.07) is 7.66. The number of hydrogen-bond acceptors (Lipinski definition) is 3. The monoisotopic (exact) mass is 306 g/mol. The van der Waals surface area contributed by atoms with E-state index < -0.39 is 0 Å². The second kappa shape index (κ2) is 5.90. The molecule has 1 N–H and O–H groups in total. The van der Waals surface area contributed by atoms with Crippen molar-refractivity contribution in [1.82, 2.24) is 10.5 Å². The summed E-state index contributed by atoms with van der Waals surface area (Å²) in [5.41, 5.74) is 2.04. The maximum absolute atomic E-state index is 12.2. The fraction of sp³-hybridized carbons (Fsp3) is 0.375. The van der Waals surface area contributed by atoms with E-state index in [4.69, 9.17) is 16.1 Å². The molecule has 0 fully saturated rings. The van der Waals surface area contributed by atoms with Crippen LogP contribution in [0.1, 0.15) is 41.2 Å². The summed E-state index contributed by atoms with van der Waals surface area (Å²) >= 11 is 5.90. The normalized spacial score (nSPS) is 11.5. The average molecular weight is 307 g/mol. The van der Waals surface area contributed by atoms with Gasteiger partial charge in [-0.3, -0.25) is 4.79 Å². The second-order valence-corrected chi connectivity index (χ2v) is 6.21. The number of carbonyl (C=O) groups excluding carboxylic acids is 1. The number of halogens is 1. The highest BCUT2D eigenvalue weighted by molar-refractivity contribution is 6.30. The fourth-order valence-electron chi connectivity index (χ4n) is 2.20. The predicted octanol–water partition coefficient (Wildman–Crippen LogP) is 3.65. The first kappa shape index (κ1) is 15.6. The molecule has 0 saturated heterocycles. The Hall–Kier alpha value is -1.81. The van der Waals surface area contributed by atoms with E-state index in [0.29, 0.717) is 28.6 Å². The maximum Gasteiger partial charge on any atom is 0.256 e. The van der Waals surface area contributed by atoms with Gasteiger partial charge < -0.3 is 9.84 Å². The van der Waals surface area contributed by atoms with Crippen LogP contribution in [0.25, 0.3) is 0 Å². The zero-order valence-electron chi connectivity index (χ0n) is 12.7. The molecule has 4 nitrogen and oxygen atoms in total. The lowest BCUT2D eigenvalue weighted by Crippen LogP contribution is -2.37. The van der Waals surface area contributed by atoms with Crippen LogP contribution >= 0.6 is 11.6 Å². The Bertz CT molecular complexity index is 625. The van der Waals surface area contributed by atoms with Crippen molar-refractivity contribution in [2.75, 3.05) is 6.54 Å². The van der Waals surface area contributed by atoms with Gasteiger partial charge in [-0.2, -0.15) is 0 Å². The first-order valence-corrected chi connectivity index (χ1v) is 7.16. The van der Waals surface area contributed by atoms with Crippen LogP contribution < -0.4 is 5.32 Å². The van der Waals surface area contributed by atoms with Gasteiger partial charge in [0.15, 0.2) is 0 Å². The Morgan fingerprint density at radius 3 is 2.43 bits per heavy atom. The lowest BCUT2D eigenvalue weighted by molar-refractivity contribution is 0.0943. The van der Waals surface area contributed by atoms with E-state index in [9.17, 15) is 4.79 Å². The highest BCUT2D eigenvalue weighted by atomic mass is 35.5. The molecule has 0 bridgehead atoms. The molecular formula is C16H19ClN2O2. The zero-order valence-corrected chi connectivity index (χ0v) is 13.4. The van der Waals surface area contributed by atoms with E-state index in [1.54, 1.807) is 13.8 Å². The third kappa shape index (κ3) is 3.45. The zero-order chi connectivity index (χ0) is 15.6. The standard InChI is InChI=1S/C16H19ClN2O2/c1-10-14(11(2)21-19-10)15(20)18-9-16(3,4)12-5-7-13(17)8-6-12/h5-8H,9H2,1-4H3,(H,18,20). The summed E-state index contributed by atoms with van der Waals surface area (Å²) in [4.78, 5) is 12.2. The number of nitrogens with zero attached hydrogens (tertiary/aromatic N) is 1. The SMILES string of the molecule is Cc1noc(C)c1C(=O)NCC(C)(C)c1ccc(Cl)cc1. The molecule has 5 heteroatoms. The van der Waals surface area contributed by atoms with Gasteiger partial charge in [0.2, 0.25) is 0 Å². The number of nitrogens with one attached hydrogen (secondary N) is 1. The van der Waals surface area contributed by atoms with Crippen molar-refractivity contribution >= 4 is 17.5 Å². The van der Waals surface area contributed by atoms with Crippen LogP contribution in [-0.4, -0.2) is 17.6 Å². The average Bonchev–Trinajstić information content (AvgIpc) is 2.76. The molecule has 0 atom stereocenters. The first-order chi connectivity index (χ1) is 9.81. The number of benzene rings is 1. The summed E-state index contributed by atoms with van der Waals surface area (Å²) in [6.45, 7) is 8.15. The number of carbonyl (C=O) groups is 1. The topological polar surface area (TPSA) is 55.1 Å². The fourth-order valence-corrected chi connectivity index (χ4v) is 2.33. The molecule has 0 aliphatic carbocycles. The minimum absolute atomic E-state index is 0.159. The van der Waals surface area contributed by atoms with Gasteiger partial charge in [0.1, 0.15) is 11.3 Å². The molecule has 1 amide bonds. The smallest absolute Gasteiger partial charge is 0.256 e. The molecular weight excluding hydrogens is 288 g/mol. The number of rotatable bonds is 4. The molecule has 0 radical (unpaired) electrons. The highest BCUT2D eigenvalue weighted by Crippen LogP contribution is 2.24. The largest absolute Gasteiger partial charge is 0.361 e. The van der Waals surface area contributed by atoms with Crippen molar-refractivity contribution in [3.8, 4) is 0 Å². The van der Waals surface area contributed by atoms with Crippen molar-refractivity contribution in [1.29, 1.82) is 0 Å². The number of amides is 1. The van der Waals surface area contributed by atoms with Crippen molar-refractivity contribution < 1.29 is 9.32 Å². The van der Waals surface area contributed by atoms with Crippen LogP contribution in [0.5, 0.6) is 0 Å². The van der Waals surface area contributed by atoms with Crippen LogP contribution in [-0.2, 0) is 5.41 Å². The quantitative estimate of drug-likeness (QED) is 0.938. The Morgan fingerprint density at radius 2 is 1.90 bits per heavy atom. The molecule has 2 rings (SSSR count). The molecule has 1 aromatic carbocycles. The van der Waals surface area contributed by atoms with Gasteiger partial charge in [0.25, 0.3) is 5.91 Å². The van der Waals surface area contributed by atoms with E-state index in [1.807, 2.05) is 24.3 Å². The summed E-state index contributed by atoms with van der Waals surface area (Å²) in [5.74, 6) is 0.377. The molecule has 0 saturated carbocycles. The van der Waals surface area contributed by atoms with Gasteiger partial charge in [-0.15, -0.1) is 0 Å². The van der Waals surface area contributed by atoms with Gasteiger partial charge in [-0.1, -0.05) is 42.7 Å². The van der Waals surface area contributed by atoms with Gasteiger partial charge >= 0.3 is 0 Å². The summed E-state index contributed by atoms with van der Waals surface area (Å²) < 4.78 is 5.02. The molecule has 1 aromatic heterocycles. The van der Waals surface area contributed by atoms with E-state index in [1.165, 1.54) is 0 Å². The molecule has 0 aliphatic rings. The first-order valence-electron chi connectivity index (χ1n) is 6.78. The predicted molar refractivity (Wildman–Crippen MR) is 82.8 cm³/mol. The van der Waals surface area contributed by atoms with E-state index in [-0.39, 0.29) is 11.3 Å². The van der Waals surface area contributed by atoms with Crippen molar-refractivity contribution in [3.63, 3.8) is 0 Å². The summed E-state index contributed by atoms with van der Waals surface area (Å²) in [7, 11) is 0. The number of aromatic nitrogens is 1. The Labute approximate surface area is 129 Å². The third-order valence-corrected chi connectivity index (χ3v) is 3.83. The molecule has 0 unspecified atom stereocenters.